The molecule has 0 saturated heterocycles. The van der Waals surface area contributed by atoms with E-state index < -0.39 is 26.6 Å². The highest BCUT2D eigenvalue weighted by molar-refractivity contribution is 9.10. The number of rotatable bonds is 8. The Labute approximate surface area is 196 Å². The van der Waals surface area contributed by atoms with E-state index in [0.29, 0.717) is 5.56 Å². The van der Waals surface area contributed by atoms with E-state index in [9.17, 15) is 9.50 Å². The summed E-state index contributed by atoms with van der Waals surface area (Å²) in [4.78, 5) is 0. The first kappa shape index (κ1) is 26.2. The van der Waals surface area contributed by atoms with Crippen LogP contribution in [0.2, 0.25) is 18.1 Å². The lowest BCUT2D eigenvalue weighted by Gasteiger charge is -2.42. The van der Waals surface area contributed by atoms with Gasteiger partial charge in [0.15, 0.2) is 8.32 Å². The Morgan fingerprint density at radius 2 is 1.65 bits per heavy atom. The van der Waals surface area contributed by atoms with E-state index in [-0.39, 0.29) is 16.9 Å². The Kier molecular flexibility index (Phi) is 8.67. The average Bonchev–Trinajstić information content (AvgIpc) is 2.65. The van der Waals surface area contributed by atoms with Gasteiger partial charge in [-0.2, -0.15) is 0 Å². The van der Waals surface area contributed by atoms with Crippen molar-refractivity contribution in [3.05, 3.63) is 69.4 Å². The molecule has 0 amide bonds. The summed E-state index contributed by atoms with van der Waals surface area (Å²) in [6.07, 6.45) is -1.57. The molecule has 6 heteroatoms. The van der Waals surface area contributed by atoms with Crippen molar-refractivity contribution in [1.29, 1.82) is 0 Å². The highest BCUT2D eigenvalue weighted by Gasteiger charge is 2.43. The molecule has 172 valence electrons. The summed E-state index contributed by atoms with van der Waals surface area (Å²) in [6.45, 7) is 16.9. The summed E-state index contributed by atoms with van der Waals surface area (Å²) in [5, 5.41) is 15.0. The maximum Gasteiger partial charge on any atom is 0.193 e. The van der Waals surface area contributed by atoms with Gasteiger partial charge >= 0.3 is 0 Å². The zero-order chi connectivity index (χ0) is 23.6. The van der Waals surface area contributed by atoms with Gasteiger partial charge in [0.1, 0.15) is 11.9 Å². The van der Waals surface area contributed by atoms with E-state index >= 15 is 0 Å². The average molecular weight is 511 g/mol. The Hall–Kier alpha value is -1.05. The van der Waals surface area contributed by atoms with Gasteiger partial charge in [-0.1, -0.05) is 80.4 Å². The third-order valence-corrected chi connectivity index (χ3v) is 11.0. The first-order valence-electron chi connectivity index (χ1n) is 10.9. The molecule has 2 aromatic carbocycles. The van der Waals surface area contributed by atoms with Crippen molar-refractivity contribution in [2.75, 3.05) is 0 Å². The van der Waals surface area contributed by atoms with E-state index in [2.05, 4.69) is 55.1 Å². The van der Waals surface area contributed by atoms with Gasteiger partial charge in [-0.05, 0) is 48.8 Å². The molecule has 2 N–H and O–H groups in total. The van der Waals surface area contributed by atoms with Crippen LogP contribution < -0.4 is 5.32 Å². The van der Waals surface area contributed by atoms with Gasteiger partial charge < -0.3 is 14.8 Å². The lowest BCUT2D eigenvalue weighted by molar-refractivity contribution is -0.00127. The van der Waals surface area contributed by atoms with Crippen LogP contribution in [0.4, 0.5) is 4.39 Å². The van der Waals surface area contributed by atoms with Gasteiger partial charge in [-0.25, -0.2) is 4.39 Å². The summed E-state index contributed by atoms with van der Waals surface area (Å²) < 4.78 is 22.4. The Morgan fingerprint density at radius 3 is 2.16 bits per heavy atom. The van der Waals surface area contributed by atoms with Crippen LogP contribution in [-0.4, -0.2) is 25.6 Å². The summed E-state index contributed by atoms with van der Waals surface area (Å²) in [6, 6.07) is 12.3. The Balaban J connectivity index is 2.57. The second-order valence-corrected chi connectivity index (χ2v) is 15.8. The van der Waals surface area contributed by atoms with Crippen LogP contribution in [0.1, 0.15) is 63.5 Å². The van der Waals surface area contributed by atoms with Crippen molar-refractivity contribution >= 4 is 24.2 Å². The minimum Gasteiger partial charge on any atom is -0.407 e. The molecule has 0 fully saturated rings. The third-order valence-electron chi connectivity index (χ3n) is 6.09. The first-order chi connectivity index (χ1) is 14.2. The van der Waals surface area contributed by atoms with E-state index in [1.807, 2.05) is 45.0 Å². The molecular weight excluding hydrogens is 473 g/mol. The van der Waals surface area contributed by atoms with E-state index in [1.165, 1.54) is 6.07 Å². The molecule has 31 heavy (non-hydrogen) atoms. The van der Waals surface area contributed by atoms with E-state index in [0.717, 1.165) is 15.6 Å². The molecular formula is C25H37BrFNO2Si. The summed E-state index contributed by atoms with van der Waals surface area (Å²) in [7, 11) is -2.23. The fraction of sp³-hybridized carbons (Fsp3) is 0.520. The van der Waals surface area contributed by atoms with Crippen molar-refractivity contribution in [2.24, 2.45) is 0 Å². The van der Waals surface area contributed by atoms with Crippen LogP contribution in [0.25, 0.3) is 0 Å². The predicted molar refractivity (Wildman–Crippen MR) is 133 cm³/mol. The van der Waals surface area contributed by atoms with Crippen LogP contribution in [0.5, 0.6) is 0 Å². The van der Waals surface area contributed by atoms with Crippen molar-refractivity contribution < 1.29 is 13.9 Å². The standard InChI is InChI=1S/C25H37BrFNO2Si/c1-16(2)28-22(20-15-19(26)13-14-21(20)27)23(29)24(18-11-9-17(3)10-12-18)30-31(7,8)25(4,5)6/h9-16,22-24,28-29H,1-8H3/t22-,23-,24+/m0/s1. The van der Waals surface area contributed by atoms with Crippen molar-refractivity contribution in [2.45, 2.75) is 84.0 Å². The second-order valence-electron chi connectivity index (χ2n) is 10.2. The zero-order valence-corrected chi connectivity index (χ0v) is 22.5. The largest absolute Gasteiger partial charge is 0.407 e. The molecule has 0 saturated carbocycles. The minimum absolute atomic E-state index is 0.0301. The van der Waals surface area contributed by atoms with Crippen molar-refractivity contribution in [1.82, 2.24) is 5.32 Å². The molecule has 0 radical (unpaired) electrons. The van der Waals surface area contributed by atoms with Gasteiger partial charge in [0.2, 0.25) is 0 Å². The Bertz CT molecular complexity index is 865. The summed E-state index contributed by atoms with van der Waals surface area (Å²) in [5.74, 6) is -0.351. The van der Waals surface area contributed by atoms with Gasteiger partial charge in [0.25, 0.3) is 0 Å². The highest BCUT2D eigenvalue weighted by atomic mass is 79.9. The molecule has 0 aromatic heterocycles. The van der Waals surface area contributed by atoms with Crippen LogP contribution in [-0.2, 0) is 4.43 Å². The maximum absolute atomic E-state index is 14.9. The smallest absolute Gasteiger partial charge is 0.193 e. The number of aliphatic hydroxyl groups excluding tert-OH is 1. The van der Waals surface area contributed by atoms with Gasteiger partial charge in [0, 0.05) is 16.1 Å². The molecule has 2 aromatic rings. The molecule has 2 rings (SSSR count). The molecule has 0 aliphatic rings. The van der Waals surface area contributed by atoms with Crippen LogP contribution in [0.15, 0.2) is 46.9 Å². The second kappa shape index (κ2) is 10.3. The molecule has 0 heterocycles. The lowest BCUT2D eigenvalue weighted by Crippen LogP contribution is -2.47. The molecule has 0 unspecified atom stereocenters. The normalized spacial score (nSPS) is 15.7. The summed E-state index contributed by atoms with van der Waals surface area (Å²) >= 11 is 3.44. The van der Waals surface area contributed by atoms with Crippen molar-refractivity contribution in [3.8, 4) is 0 Å². The molecule has 3 nitrogen and oxygen atoms in total. The SMILES string of the molecule is Cc1ccc([C@@H](O[Si](C)(C)C(C)(C)C)[C@@H](O)[C@@H](NC(C)C)c2cc(Br)ccc2F)cc1. The molecule has 0 aliphatic heterocycles. The monoisotopic (exact) mass is 509 g/mol. The predicted octanol–water partition coefficient (Wildman–Crippen LogP) is 7.06. The number of benzene rings is 2. The fourth-order valence-electron chi connectivity index (χ4n) is 3.24. The molecule has 0 aliphatic carbocycles. The van der Waals surface area contributed by atoms with Gasteiger partial charge in [0.05, 0.1) is 12.1 Å². The number of aliphatic hydroxyl groups is 1. The van der Waals surface area contributed by atoms with E-state index in [1.54, 1.807) is 12.1 Å². The minimum atomic E-state index is -2.23. The van der Waals surface area contributed by atoms with Crippen LogP contribution in [0, 0.1) is 12.7 Å². The number of nitrogens with one attached hydrogen (secondary N) is 1. The number of hydrogen-bond donors (Lipinski definition) is 2. The number of hydrogen-bond acceptors (Lipinski definition) is 3. The molecule has 0 bridgehead atoms. The zero-order valence-electron chi connectivity index (χ0n) is 20.0. The maximum atomic E-state index is 14.9. The molecule has 0 spiro atoms. The van der Waals surface area contributed by atoms with Crippen LogP contribution in [0.3, 0.4) is 0 Å². The topological polar surface area (TPSA) is 41.5 Å². The van der Waals surface area contributed by atoms with Crippen molar-refractivity contribution in [3.63, 3.8) is 0 Å². The Morgan fingerprint density at radius 1 is 1.06 bits per heavy atom. The van der Waals surface area contributed by atoms with Gasteiger partial charge in [-0.15, -0.1) is 0 Å². The molecule has 3 atom stereocenters. The van der Waals surface area contributed by atoms with Gasteiger partial charge in [-0.3, -0.25) is 0 Å². The quantitative estimate of drug-likeness (QED) is 0.374. The highest BCUT2D eigenvalue weighted by Crippen LogP contribution is 2.42. The van der Waals surface area contributed by atoms with Crippen LogP contribution >= 0.6 is 15.9 Å². The van der Waals surface area contributed by atoms with E-state index in [4.69, 9.17) is 4.43 Å². The first-order valence-corrected chi connectivity index (χ1v) is 14.6. The fourth-order valence-corrected chi connectivity index (χ4v) is 4.89. The number of aryl methyl sites for hydroxylation is 1. The summed E-state index contributed by atoms with van der Waals surface area (Å²) in [5.41, 5.74) is 2.46. The number of halogens is 2. The third kappa shape index (κ3) is 6.72. The lowest BCUT2D eigenvalue weighted by atomic mass is 9.92.